The van der Waals surface area contributed by atoms with Gasteiger partial charge in [0.05, 0.1) is 17.8 Å². The molecule has 1 N–H and O–H groups in total. The summed E-state index contributed by atoms with van der Waals surface area (Å²) in [5.41, 5.74) is -0.129. The van der Waals surface area contributed by atoms with E-state index in [0.29, 0.717) is 6.61 Å². The standard InChI is InChI=1S/C13H26O3/c1-13(2,15-3)9-10-16-12-8-6-4-5-7-11(12)14/h11-12,14H,4-10H2,1-3H3. The highest BCUT2D eigenvalue weighted by molar-refractivity contribution is 4.74. The Labute approximate surface area is 99.1 Å². The van der Waals surface area contributed by atoms with Crippen LogP contribution < -0.4 is 0 Å². The maximum atomic E-state index is 9.88. The molecule has 0 amide bonds. The number of hydrogen-bond donors (Lipinski definition) is 1. The third-order valence-electron chi connectivity index (χ3n) is 3.51. The zero-order valence-electron chi connectivity index (χ0n) is 10.9. The average molecular weight is 230 g/mol. The van der Waals surface area contributed by atoms with Gasteiger partial charge in [0.1, 0.15) is 0 Å². The molecule has 0 heterocycles. The van der Waals surface area contributed by atoms with Gasteiger partial charge >= 0.3 is 0 Å². The van der Waals surface area contributed by atoms with Crippen molar-refractivity contribution in [1.82, 2.24) is 0 Å². The SMILES string of the molecule is COC(C)(C)CCOC1CCCCCC1O. The third kappa shape index (κ3) is 4.81. The predicted molar refractivity (Wildman–Crippen MR) is 64.5 cm³/mol. The van der Waals surface area contributed by atoms with Crippen molar-refractivity contribution in [1.29, 1.82) is 0 Å². The number of methoxy groups -OCH3 is 1. The summed E-state index contributed by atoms with van der Waals surface area (Å²) in [5, 5.41) is 9.88. The summed E-state index contributed by atoms with van der Waals surface area (Å²) in [6, 6.07) is 0. The summed E-state index contributed by atoms with van der Waals surface area (Å²) in [5.74, 6) is 0. The Bertz CT molecular complexity index is 192. The van der Waals surface area contributed by atoms with Crippen molar-refractivity contribution in [2.24, 2.45) is 0 Å². The van der Waals surface area contributed by atoms with Gasteiger partial charge in [0.25, 0.3) is 0 Å². The van der Waals surface area contributed by atoms with Crippen molar-refractivity contribution in [2.45, 2.75) is 70.2 Å². The third-order valence-corrected chi connectivity index (χ3v) is 3.51. The fraction of sp³-hybridized carbons (Fsp3) is 1.00. The first kappa shape index (κ1) is 13.9. The second-order valence-electron chi connectivity index (χ2n) is 5.33. The van der Waals surface area contributed by atoms with Crippen LogP contribution in [0.25, 0.3) is 0 Å². The van der Waals surface area contributed by atoms with Gasteiger partial charge in [-0.3, -0.25) is 0 Å². The highest BCUT2D eigenvalue weighted by Crippen LogP contribution is 2.21. The van der Waals surface area contributed by atoms with Crippen LogP contribution in [0.15, 0.2) is 0 Å². The number of aliphatic hydroxyl groups is 1. The van der Waals surface area contributed by atoms with Gasteiger partial charge < -0.3 is 14.6 Å². The maximum Gasteiger partial charge on any atom is 0.0833 e. The van der Waals surface area contributed by atoms with Gasteiger partial charge in [-0.25, -0.2) is 0 Å². The Hall–Kier alpha value is -0.120. The Balaban J connectivity index is 2.25. The van der Waals surface area contributed by atoms with Crippen LogP contribution in [0.5, 0.6) is 0 Å². The van der Waals surface area contributed by atoms with Gasteiger partial charge in [0.15, 0.2) is 0 Å². The van der Waals surface area contributed by atoms with Crippen molar-refractivity contribution in [3.05, 3.63) is 0 Å². The summed E-state index contributed by atoms with van der Waals surface area (Å²) in [6.07, 6.45) is 6.04. The van der Waals surface area contributed by atoms with Crippen LogP contribution in [-0.2, 0) is 9.47 Å². The fourth-order valence-electron chi connectivity index (χ4n) is 2.01. The number of ether oxygens (including phenoxy) is 2. The molecule has 0 saturated heterocycles. The molecule has 1 saturated carbocycles. The van der Waals surface area contributed by atoms with Crippen molar-refractivity contribution >= 4 is 0 Å². The van der Waals surface area contributed by atoms with Gasteiger partial charge in [0, 0.05) is 13.7 Å². The molecule has 0 aromatic carbocycles. The first-order valence-electron chi connectivity index (χ1n) is 6.40. The Kier molecular flexibility index (Phi) is 5.73. The molecule has 0 bridgehead atoms. The Morgan fingerprint density at radius 1 is 1.19 bits per heavy atom. The number of hydrogen-bond acceptors (Lipinski definition) is 3. The molecule has 0 radical (unpaired) electrons. The summed E-state index contributed by atoms with van der Waals surface area (Å²) in [6.45, 7) is 4.78. The average Bonchev–Trinajstić information content (AvgIpc) is 2.44. The second-order valence-corrected chi connectivity index (χ2v) is 5.33. The highest BCUT2D eigenvalue weighted by atomic mass is 16.5. The second kappa shape index (κ2) is 6.58. The van der Waals surface area contributed by atoms with E-state index in [0.717, 1.165) is 25.7 Å². The molecule has 1 aliphatic carbocycles. The normalized spacial score (nSPS) is 27.8. The van der Waals surface area contributed by atoms with E-state index in [-0.39, 0.29) is 17.8 Å². The van der Waals surface area contributed by atoms with E-state index in [2.05, 4.69) is 13.8 Å². The lowest BCUT2D eigenvalue weighted by Crippen LogP contribution is -2.31. The smallest absolute Gasteiger partial charge is 0.0833 e. The molecule has 1 rings (SSSR count). The van der Waals surface area contributed by atoms with Crippen LogP contribution in [0.2, 0.25) is 0 Å². The molecule has 3 heteroatoms. The topological polar surface area (TPSA) is 38.7 Å². The predicted octanol–water partition coefficient (Wildman–Crippen LogP) is 2.51. The van der Waals surface area contributed by atoms with Crippen LogP contribution in [0.3, 0.4) is 0 Å². The minimum absolute atomic E-state index is 0.0372. The number of aliphatic hydroxyl groups excluding tert-OH is 1. The monoisotopic (exact) mass is 230 g/mol. The quantitative estimate of drug-likeness (QED) is 0.738. The molecule has 1 fully saturated rings. The van der Waals surface area contributed by atoms with Gasteiger partial charge in [-0.2, -0.15) is 0 Å². The summed E-state index contributed by atoms with van der Waals surface area (Å²) in [4.78, 5) is 0. The minimum Gasteiger partial charge on any atom is -0.390 e. The minimum atomic E-state index is -0.270. The summed E-state index contributed by atoms with van der Waals surface area (Å²) >= 11 is 0. The van der Waals surface area contributed by atoms with Gasteiger partial charge in [-0.1, -0.05) is 19.3 Å². The molecule has 96 valence electrons. The zero-order valence-corrected chi connectivity index (χ0v) is 10.9. The van der Waals surface area contributed by atoms with E-state index < -0.39 is 0 Å². The van der Waals surface area contributed by atoms with E-state index in [4.69, 9.17) is 9.47 Å². The molecule has 0 spiro atoms. The lowest BCUT2D eigenvalue weighted by atomic mass is 10.1. The van der Waals surface area contributed by atoms with E-state index in [1.54, 1.807) is 7.11 Å². The first-order valence-corrected chi connectivity index (χ1v) is 6.40. The van der Waals surface area contributed by atoms with Crippen LogP contribution in [0.4, 0.5) is 0 Å². The van der Waals surface area contributed by atoms with Crippen LogP contribution >= 0.6 is 0 Å². The van der Waals surface area contributed by atoms with Crippen LogP contribution in [0, 0.1) is 0 Å². The van der Waals surface area contributed by atoms with Gasteiger partial charge in [0.2, 0.25) is 0 Å². The first-order chi connectivity index (χ1) is 7.55. The fourth-order valence-corrected chi connectivity index (χ4v) is 2.01. The zero-order chi connectivity index (χ0) is 12.0. The van der Waals surface area contributed by atoms with E-state index in [1.165, 1.54) is 12.8 Å². The van der Waals surface area contributed by atoms with Crippen molar-refractivity contribution in [3.63, 3.8) is 0 Å². The summed E-state index contributed by atoms with van der Waals surface area (Å²) in [7, 11) is 1.72. The molecular formula is C13H26O3. The van der Waals surface area contributed by atoms with Crippen molar-refractivity contribution < 1.29 is 14.6 Å². The molecule has 3 nitrogen and oxygen atoms in total. The lowest BCUT2D eigenvalue weighted by molar-refractivity contribution is -0.0660. The molecule has 2 atom stereocenters. The molecule has 0 aromatic heterocycles. The van der Waals surface area contributed by atoms with Crippen molar-refractivity contribution in [3.8, 4) is 0 Å². The largest absolute Gasteiger partial charge is 0.390 e. The van der Waals surface area contributed by atoms with Gasteiger partial charge in [-0.05, 0) is 33.1 Å². The molecular weight excluding hydrogens is 204 g/mol. The van der Waals surface area contributed by atoms with Crippen LogP contribution in [-0.4, -0.2) is 36.6 Å². The maximum absolute atomic E-state index is 9.88. The molecule has 1 aliphatic rings. The molecule has 2 unspecified atom stereocenters. The van der Waals surface area contributed by atoms with E-state index in [9.17, 15) is 5.11 Å². The Morgan fingerprint density at radius 2 is 1.88 bits per heavy atom. The van der Waals surface area contributed by atoms with E-state index in [1.807, 2.05) is 0 Å². The summed E-state index contributed by atoms with van der Waals surface area (Å²) < 4.78 is 11.1. The molecule has 0 aliphatic heterocycles. The van der Waals surface area contributed by atoms with E-state index >= 15 is 0 Å². The van der Waals surface area contributed by atoms with Crippen LogP contribution in [0.1, 0.15) is 52.4 Å². The van der Waals surface area contributed by atoms with Gasteiger partial charge in [-0.15, -0.1) is 0 Å². The Morgan fingerprint density at radius 3 is 2.56 bits per heavy atom. The molecule has 0 aromatic rings. The lowest BCUT2D eigenvalue weighted by Gasteiger charge is -2.26. The molecule has 16 heavy (non-hydrogen) atoms. The van der Waals surface area contributed by atoms with Crippen molar-refractivity contribution in [2.75, 3.05) is 13.7 Å². The number of rotatable bonds is 5. The highest BCUT2D eigenvalue weighted by Gasteiger charge is 2.23.